The molecule has 0 radical (unpaired) electrons. The van der Waals surface area contributed by atoms with Crippen LogP contribution in [0.15, 0.2) is 36.4 Å². The highest BCUT2D eigenvalue weighted by molar-refractivity contribution is 7.22. The van der Waals surface area contributed by atoms with E-state index in [0.717, 1.165) is 11.3 Å². The van der Waals surface area contributed by atoms with Crippen LogP contribution in [0.3, 0.4) is 0 Å². The molecule has 0 saturated carbocycles. The lowest BCUT2D eigenvalue weighted by Gasteiger charge is -2.24. The molecule has 3 aromatic rings. The molecule has 1 atom stereocenters. The van der Waals surface area contributed by atoms with E-state index in [9.17, 15) is 13.2 Å². The van der Waals surface area contributed by atoms with Crippen molar-refractivity contribution in [2.75, 3.05) is 5.73 Å². The van der Waals surface area contributed by atoms with Crippen LogP contribution in [-0.2, 0) is 0 Å². The summed E-state index contributed by atoms with van der Waals surface area (Å²) in [6, 6.07) is 8.51. The highest BCUT2D eigenvalue weighted by atomic mass is 35.5. The second-order valence-corrected chi connectivity index (χ2v) is 6.73. The number of hydrogen-bond donors (Lipinski definition) is 1. The maximum atomic E-state index is 13.5. The number of ether oxygens (including phenoxy) is 1. The number of nitrogens with zero attached hydrogens (tertiary/aromatic N) is 1. The van der Waals surface area contributed by atoms with Crippen LogP contribution in [-0.4, -0.2) is 11.2 Å². The molecule has 0 amide bonds. The lowest BCUT2D eigenvalue weighted by Crippen LogP contribution is -2.26. The van der Waals surface area contributed by atoms with Crippen molar-refractivity contribution in [2.45, 2.75) is 12.3 Å². The van der Waals surface area contributed by atoms with Gasteiger partial charge in [0.2, 0.25) is 6.10 Å². The number of fused-ring (bicyclic) bond motifs is 1. The van der Waals surface area contributed by atoms with E-state index in [0.29, 0.717) is 15.3 Å². The number of halogens is 5. The highest BCUT2D eigenvalue weighted by Gasteiger charge is 2.45. The van der Waals surface area contributed by atoms with Crippen LogP contribution < -0.4 is 10.5 Å². The van der Waals surface area contributed by atoms with E-state index in [1.54, 1.807) is 6.07 Å². The first kappa shape index (κ1) is 17.1. The first-order chi connectivity index (χ1) is 11.3. The molecule has 3 rings (SSSR count). The quantitative estimate of drug-likeness (QED) is 0.606. The van der Waals surface area contributed by atoms with Gasteiger partial charge in [-0.3, -0.25) is 0 Å². The number of nitrogen functional groups attached to an aromatic ring is 1. The summed E-state index contributed by atoms with van der Waals surface area (Å²) in [7, 11) is 0. The van der Waals surface area contributed by atoms with Crippen molar-refractivity contribution in [3.63, 3.8) is 0 Å². The number of alkyl halides is 3. The molecule has 0 aliphatic carbocycles. The fourth-order valence-corrected chi connectivity index (χ4v) is 3.54. The van der Waals surface area contributed by atoms with Gasteiger partial charge in [0, 0.05) is 15.6 Å². The van der Waals surface area contributed by atoms with Crippen LogP contribution in [0, 0.1) is 0 Å². The van der Waals surface area contributed by atoms with Crippen LogP contribution in [0.5, 0.6) is 5.75 Å². The van der Waals surface area contributed by atoms with Crippen LogP contribution >= 0.6 is 34.5 Å². The normalized spacial score (nSPS) is 13.2. The van der Waals surface area contributed by atoms with Gasteiger partial charge in [0.1, 0.15) is 5.75 Å². The first-order valence-corrected chi connectivity index (χ1v) is 8.16. The molecule has 3 nitrogen and oxygen atoms in total. The molecular formula is C15H9Cl2F3N2OS. The van der Waals surface area contributed by atoms with E-state index in [1.807, 2.05) is 0 Å². The minimum absolute atomic E-state index is 0.0180. The Kier molecular flexibility index (Phi) is 4.50. The Morgan fingerprint density at radius 3 is 2.42 bits per heavy atom. The monoisotopic (exact) mass is 392 g/mol. The van der Waals surface area contributed by atoms with Crippen molar-refractivity contribution in [3.8, 4) is 5.75 Å². The molecule has 0 spiro atoms. The van der Waals surface area contributed by atoms with Gasteiger partial charge in [-0.05, 0) is 30.3 Å². The number of thiazole rings is 1. The van der Waals surface area contributed by atoms with E-state index >= 15 is 0 Å². The highest BCUT2D eigenvalue weighted by Crippen LogP contribution is 2.43. The Bertz CT molecular complexity index is 878. The van der Waals surface area contributed by atoms with Gasteiger partial charge in [0.25, 0.3) is 0 Å². The van der Waals surface area contributed by atoms with E-state index in [1.165, 1.54) is 30.3 Å². The zero-order valence-corrected chi connectivity index (χ0v) is 14.1. The molecule has 1 aromatic heterocycles. The van der Waals surface area contributed by atoms with Gasteiger partial charge in [0.05, 0.1) is 10.2 Å². The van der Waals surface area contributed by atoms with Crippen LogP contribution in [0.2, 0.25) is 10.0 Å². The van der Waals surface area contributed by atoms with Crippen molar-refractivity contribution in [3.05, 3.63) is 52.0 Å². The molecule has 0 aliphatic heterocycles. The summed E-state index contributed by atoms with van der Waals surface area (Å²) < 4.78 is 46.3. The topological polar surface area (TPSA) is 48.1 Å². The third kappa shape index (κ3) is 3.38. The van der Waals surface area contributed by atoms with Crippen molar-refractivity contribution >= 4 is 49.9 Å². The summed E-state index contributed by atoms with van der Waals surface area (Å²) in [5.74, 6) is 0.0180. The van der Waals surface area contributed by atoms with E-state index < -0.39 is 12.3 Å². The van der Waals surface area contributed by atoms with Gasteiger partial charge in [-0.15, -0.1) is 0 Å². The van der Waals surface area contributed by atoms with E-state index in [-0.39, 0.29) is 21.4 Å². The lowest BCUT2D eigenvalue weighted by atomic mass is 10.1. The average Bonchev–Trinajstić information content (AvgIpc) is 2.84. The number of aromatic nitrogens is 1. The van der Waals surface area contributed by atoms with E-state index in [2.05, 4.69) is 4.98 Å². The molecule has 0 bridgehead atoms. The predicted molar refractivity (Wildman–Crippen MR) is 89.9 cm³/mol. The number of benzene rings is 2. The molecule has 0 aliphatic rings. The zero-order chi connectivity index (χ0) is 17.5. The Hall–Kier alpha value is -1.70. The molecule has 2 aromatic carbocycles. The molecule has 2 N–H and O–H groups in total. The Morgan fingerprint density at radius 1 is 1.12 bits per heavy atom. The number of anilines is 1. The van der Waals surface area contributed by atoms with Crippen molar-refractivity contribution in [1.82, 2.24) is 4.98 Å². The molecule has 24 heavy (non-hydrogen) atoms. The largest absolute Gasteiger partial charge is 0.476 e. The number of rotatable bonds is 3. The van der Waals surface area contributed by atoms with Gasteiger partial charge in [-0.2, -0.15) is 13.2 Å². The number of hydrogen-bond acceptors (Lipinski definition) is 4. The molecule has 126 valence electrons. The maximum absolute atomic E-state index is 13.5. The second kappa shape index (κ2) is 6.31. The molecule has 1 unspecified atom stereocenters. The summed E-state index contributed by atoms with van der Waals surface area (Å²) in [5.41, 5.74) is 5.86. The van der Waals surface area contributed by atoms with Crippen LogP contribution in [0.4, 0.5) is 18.3 Å². The second-order valence-electron chi connectivity index (χ2n) is 4.86. The third-order valence-corrected chi connectivity index (χ3v) is 4.70. The van der Waals surface area contributed by atoms with Gasteiger partial charge < -0.3 is 10.5 Å². The SMILES string of the molecule is Nc1nc2ccc(OC(c3c(Cl)cccc3Cl)C(F)(F)F)cc2s1. The fraction of sp³-hybridized carbons (Fsp3) is 0.133. The van der Waals surface area contributed by atoms with Crippen molar-refractivity contribution < 1.29 is 17.9 Å². The van der Waals surface area contributed by atoms with Gasteiger partial charge in [0.15, 0.2) is 5.13 Å². The minimum Gasteiger partial charge on any atom is -0.476 e. The molecule has 1 heterocycles. The summed E-state index contributed by atoms with van der Waals surface area (Å²) in [5, 5.41) is 0.0875. The number of nitrogens with two attached hydrogens (primary N) is 1. The van der Waals surface area contributed by atoms with Crippen LogP contribution in [0.25, 0.3) is 10.2 Å². The third-order valence-electron chi connectivity index (χ3n) is 3.19. The molecule has 0 saturated heterocycles. The minimum atomic E-state index is -4.70. The van der Waals surface area contributed by atoms with Crippen molar-refractivity contribution in [1.29, 1.82) is 0 Å². The Labute approximate surface area is 148 Å². The predicted octanol–water partition coefficient (Wildman–Crippen LogP) is 5.87. The fourth-order valence-electron chi connectivity index (χ4n) is 2.18. The lowest BCUT2D eigenvalue weighted by molar-refractivity contribution is -0.197. The Balaban J connectivity index is 2.03. The zero-order valence-electron chi connectivity index (χ0n) is 11.8. The summed E-state index contributed by atoms with van der Waals surface area (Å²) in [6.07, 6.45) is -6.99. The van der Waals surface area contributed by atoms with Gasteiger partial charge in [-0.1, -0.05) is 40.6 Å². The van der Waals surface area contributed by atoms with E-state index in [4.69, 9.17) is 33.7 Å². The summed E-state index contributed by atoms with van der Waals surface area (Å²) in [4.78, 5) is 4.04. The summed E-state index contributed by atoms with van der Waals surface area (Å²) in [6.45, 7) is 0. The van der Waals surface area contributed by atoms with Crippen molar-refractivity contribution in [2.24, 2.45) is 0 Å². The molecular weight excluding hydrogens is 384 g/mol. The maximum Gasteiger partial charge on any atom is 0.429 e. The molecule has 0 fully saturated rings. The molecule has 9 heteroatoms. The van der Waals surface area contributed by atoms with Gasteiger partial charge >= 0.3 is 6.18 Å². The first-order valence-electron chi connectivity index (χ1n) is 6.59. The van der Waals surface area contributed by atoms with Crippen LogP contribution in [0.1, 0.15) is 11.7 Å². The van der Waals surface area contributed by atoms with Gasteiger partial charge in [-0.25, -0.2) is 4.98 Å². The Morgan fingerprint density at radius 2 is 1.79 bits per heavy atom. The smallest absolute Gasteiger partial charge is 0.429 e. The standard InChI is InChI=1S/C15H9Cl2F3N2OS/c16-8-2-1-3-9(17)12(8)13(15(18,19)20)23-7-4-5-10-11(6-7)24-14(21)22-10/h1-6,13H,(H2,21,22). The summed E-state index contributed by atoms with van der Waals surface area (Å²) >= 11 is 13.0. The average molecular weight is 393 g/mol.